The van der Waals surface area contributed by atoms with Gasteiger partial charge in [-0.2, -0.15) is 0 Å². The number of amides is 2. The zero-order chi connectivity index (χ0) is 20.4. The van der Waals surface area contributed by atoms with E-state index in [0.717, 1.165) is 17.4 Å². The Kier molecular flexibility index (Phi) is 5.42. The molecule has 0 saturated heterocycles. The van der Waals surface area contributed by atoms with Crippen LogP contribution in [-0.2, 0) is 9.53 Å². The molecular formula is C21H19ClN4O3. The van der Waals surface area contributed by atoms with Crippen molar-refractivity contribution in [3.63, 3.8) is 0 Å². The Labute approximate surface area is 172 Å². The predicted molar refractivity (Wildman–Crippen MR) is 110 cm³/mol. The van der Waals surface area contributed by atoms with E-state index in [2.05, 4.69) is 15.3 Å². The lowest BCUT2D eigenvalue weighted by atomic mass is 10.1. The Morgan fingerprint density at radius 1 is 1.17 bits per heavy atom. The zero-order valence-electron chi connectivity index (χ0n) is 15.8. The Morgan fingerprint density at radius 3 is 2.79 bits per heavy atom. The third-order valence-corrected chi connectivity index (χ3v) is 4.86. The fourth-order valence-electron chi connectivity index (χ4n) is 3.28. The van der Waals surface area contributed by atoms with Gasteiger partial charge >= 0.3 is 0 Å². The number of nitrogens with zero attached hydrogens (tertiary/aromatic N) is 3. The van der Waals surface area contributed by atoms with Crippen molar-refractivity contribution in [1.82, 2.24) is 15.3 Å². The van der Waals surface area contributed by atoms with E-state index >= 15 is 0 Å². The van der Waals surface area contributed by atoms with E-state index in [1.165, 1.54) is 0 Å². The number of carbonyl (C=O) groups is 2. The van der Waals surface area contributed by atoms with E-state index in [-0.39, 0.29) is 18.4 Å². The van der Waals surface area contributed by atoms with Gasteiger partial charge in [-0.25, -0.2) is 9.97 Å². The van der Waals surface area contributed by atoms with Gasteiger partial charge in [0, 0.05) is 23.1 Å². The summed E-state index contributed by atoms with van der Waals surface area (Å²) >= 11 is 5.96. The summed E-state index contributed by atoms with van der Waals surface area (Å²) in [6.45, 7) is 2.27. The van der Waals surface area contributed by atoms with Gasteiger partial charge in [0.2, 0.25) is 0 Å². The summed E-state index contributed by atoms with van der Waals surface area (Å²) in [6.07, 6.45) is 0.105. The summed E-state index contributed by atoms with van der Waals surface area (Å²) in [7, 11) is 0. The number of aromatic nitrogens is 2. The van der Waals surface area contributed by atoms with Crippen LogP contribution in [0.3, 0.4) is 0 Å². The standard InChI is InChI=1S/C21H19ClN4O3/c1-2-11-26(17-10-8-13-7-9-16(22)23-19(13)24-17)18(27)12-29-21-15-6-4-3-5-14(15)20(28)25-21/h3-10,21H,2,11-12H2,1H3,(H,25,28). The van der Waals surface area contributed by atoms with Gasteiger partial charge in [-0.3, -0.25) is 14.5 Å². The number of anilines is 1. The molecule has 1 atom stereocenters. The summed E-state index contributed by atoms with van der Waals surface area (Å²) in [5.41, 5.74) is 1.77. The molecule has 0 bridgehead atoms. The van der Waals surface area contributed by atoms with Crippen LogP contribution in [0.15, 0.2) is 48.5 Å². The molecule has 3 aromatic rings. The van der Waals surface area contributed by atoms with Crippen molar-refractivity contribution in [3.8, 4) is 0 Å². The SMILES string of the molecule is CCCN(C(=O)COC1NC(=O)c2ccccc21)c1ccc2ccc(Cl)nc2n1. The molecule has 0 spiro atoms. The topological polar surface area (TPSA) is 84.4 Å². The molecule has 1 N–H and O–H groups in total. The molecule has 29 heavy (non-hydrogen) atoms. The highest BCUT2D eigenvalue weighted by atomic mass is 35.5. The van der Waals surface area contributed by atoms with Crippen molar-refractivity contribution in [2.24, 2.45) is 0 Å². The van der Waals surface area contributed by atoms with Crippen molar-refractivity contribution < 1.29 is 14.3 Å². The monoisotopic (exact) mass is 410 g/mol. The quantitative estimate of drug-likeness (QED) is 0.629. The summed E-state index contributed by atoms with van der Waals surface area (Å²) in [4.78, 5) is 35.2. The molecule has 2 amide bonds. The maximum absolute atomic E-state index is 12.9. The first-order valence-electron chi connectivity index (χ1n) is 9.32. The van der Waals surface area contributed by atoms with Gasteiger partial charge in [-0.15, -0.1) is 0 Å². The second-order valence-electron chi connectivity index (χ2n) is 6.65. The Balaban J connectivity index is 1.52. The Bertz CT molecular complexity index is 1090. The third-order valence-electron chi connectivity index (χ3n) is 4.65. The minimum absolute atomic E-state index is 0.192. The van der Waals surface area contributed by atoms with Crippen molar-refractivity contribution >= 4 is 40.3 Å². The number of rotatable bonds is 6. The van der Waals surface area contributed by atoms with Crippen molar-refractivity contribution in [3.05, 3.63) is 64.8 Å². The number of ether oxygens (including phenoxy) is 1. The van der Waals surface area contributed by atoms with Gasteiger partial charge in [0.1, 0.15) is 17.6 Å². The average Bonchev–Trinajstić information content (AvgIpc) is 3.05. The van der Waals surface area contributed by atoms with E-state index in [4.69, 9.17) is 16.3 Å². The molecular weight excluding hydrogens is 392 g/mol. The van der Waals surface area contributed by atoms with Gasteiger partial charge in [0.25, 0.3) is 11.8 Å². The van der Waals surface area contributed by atoms with E-state index in [1.54, 1.807) is 29.2 Å². The molecule has 0 radical (unpaired) electrons. The maximum Gasteiger partial charge on any atom is 0.254 e. The lowest BCUT2D eigenvalue weighted by Crippen LogP contribution is -2.36. The fourth-order valence-corrected chi connectivity index (χ4v) is 3.42. The molecule has 3 heterocycles. The number of hydrogen-bond acceptors (Lipinski definition) is 5. The highest BCUT2D eigenvalue weighted by molar-refractivity contribution is 6.29. The molecule has 1 aromatic carbocycles. The first kappa shape index (κ1) is 19.3. The molecule has 0 saturated carbocycles. The lowest BCUT2D eigenvalue weighted by Gasteiger charge is -2.22. The molecule has 4 rings (SSSR count). The maximum atomic E-state index is 12.9. The van der Waals surface area contributed by atoms with E-state index in [9.17, 15) is 9.59 Å². The van der Waals surface area contributed by atoms with Crippen LogP contribution < -0.4 is 10.2 Å². The Morgan fingerprint density at radius 2 is 1.97 bits per heavy atom. The van der Waals surface area contributed by atoms with Crippen molar-refractivity contribution in [2.45, 2.75) is 19.6 Å². The van der Waals surface area contributed by atoms with Crippen LogP contribution >= 0.6 is 11.6 Å². The smallest absolute Gasteiger partial charge is 0.254 e. The van der Waals surface area contributed by atoms with Crippen molar-refractivity contribution in [2.75, 3.05) is 18.1 Å². The number of carbonyl (C=O) groups excluding carboxylic acids is 2. The average molecular weight is 411 g/mol. The van der Waals surface area contributed by atoms with Crippen LogP contribution in [0.5, 0.6) is 0 Å². The summed E-state index contributed by atoms with van der Waals surface area (Å²) in [5, 5.41) is 3.92. The van der Waals surface area contributed by atoms with Crippen LogP contribution in [-0.4, -0.2) is 34.9 Å². The number of halogens is 1. The second kappa shape index (κ2) is 8.14. The molecule has 1 aliphatic rings. The van der Waals surface area contributed by atoms with E-state index in [0.29, 0.717) is 28.7 Å². The van der Waals surface area contributed by atoms with Crippen LogP contribution in [0.1, 0.15) is 35.5 Å². The summed E-state index contributed by atoms with van der Waals surface area (Å²) in [6, 6.07) is 14.3. The predicted octanol–water partition coefficient (Wildman–Crippen LogP) is 3.49. The third kappa shape index (κ3) is 3.92. The minimum Gasteiger partial charge on any atom is -0.344 e. The second-order valence-corrected chi connectivity index (χ2v) is 7.03. The molecule has 0 fully saturated rings. The van der Waals surface area contributed by atoms with Gasteiger partial charge in [0.05, 0.1) is 0 Å². The molecule has 2 aromatic heterocycles. The summed E-state index contributed by atoms with van der Waals surface area (Å²) < 4.78 is 5.73. The van der Waals surface area contributed by atoms with Crippen molar-refractivity contribution in [1.29, 1.82) is 0 Å². The number of hydrogen-bond donors (Lipinski definition) is 1. The molecule has 148 valence electrons. The largest absolute Gasteiger partial charge is 0.344 e. The van der Waals surface area contributed by atoms with Gasteiger partial charge in [-0.1, -0.05) is 36.7 Å². The fraction of sp³-hybridized carbons (Fsp3) is 0.238. The van der Waals surface area contributed by atoms with Gasteiger partial charge in [0.15, 0.2) is 11.9 Å². The molecule has 0 aliphatic carbocycles. The number of pyridine rings is 2. The van der Waals surface area contributed by atoms with Crippen LogP contribution in [0.25, 0.3) is 11.0 Å². The lowest BCUT2D eigenvalue weighted by molar-refractivity contribution is -0.125. The summed E-state index contributed by atoms with van der Waals surface area (Å²) in [5.74, 6) is 0.0283. The molecule has 8 heteroatoms. The molecule has 7 nitrogen and oxygen atoms in total. The number of fused-ring (bicyclic) bond motifs is 2. The molecule has 1 aliphatic heterocycles. The first-order chi connectivity index (χ1) is 14.1. The minimum atomic E-state index is -0.642. The van der Waals surface area contributed by atoms with Crippen LogP contribution in [0.2, 0.25) is 5.15 Å². The molecule has 1 unspecified atom stereocenters. The normalized spacial score (nSPS) is 15.2. The first-order valence-corrected chi connectivity index (χ1v) is 9.69. The number of benzene rings is 1. The van der Waals surface area contributed by atoms with E-state index in [1.807, 2.05) is 31.2 Å². The highest BCUT2D eigenvalue weighted by Gasteiger charge is 2.29. The van der Waals surface area contributed by atoms with Crippen LogP contribution in [0.4, 0.5) is 5.82 Å². The number of nitrogens with one attached hydrogen (secondary N) is 1. The van der Waals surface area contributed by atoms with E-state index < -0.39 is 6.23 Å². The Hall–Kier alpha value is -3.03. The van der Waals surface area contributed by atoms with Gasteiger partial charge in [-0.05, 0) is 36.8 Å². The van der Waals surface area contributed by atoms with Crippen LogP contribution in [0, 0.1) is 0 Å². The zero-order valence-corrected chi connectivity index (χ0v) is 16.5. The van der Waals surface area contributed by atoms with Gasteiger partial charge < -0.3 is 10.1 Å². The highest BCUT2D eigenvalue weighted by Crippen LogP contribution is 2.26.